The van der Waals surface area contributed by atoms with Crippen molar-refractivity contribution < 1.29 is 15.0 Å². The summed E-state index contributed by atoms with van der Waals surface area (Å²) in [5.74, 6) is -0.920. The Morgan fingerprint density at radius 2 is 2.00 bits per heavy atom. The molecule has 0 amide bonds. The third kappa shape index (κ3) is 3.29. The Morgan fingerprint density at radius 1 is 1.18 bits per heavy atom. The number of thiazole rings is 1. The van der Waals surface area contributed by atoms with Crippen LogP contribution in [-0.4, -0.2) is 21.2 Å². The molecule has 3 aromatic rings. The molecule has 6 heteroatoms. The lowest BCUT2D eigenvalue weighted by atomic mass is 10.2. The van der Waals surface area contributed by atoms with Crippen molar-refractivity contribution in [1.29, 1.82) is 0 Å². The van der Waals surface area contributed by atoms with Crippen LogP contribution in [0.2, 0.25) is 0 Å². The van der Waals surface area contributed by atoms with Crippen LogP contribution in [-0.2, 0) is 4.79 Å². The molecule has 0 atom stereocenters. The second-order valence-corrected chi connectivity index (χ2v) is 6.78. The highest BCUT2D eigenvalue weighted by atomic mass is 32.2. The highest BCUT2D eigenvalue weighted by Crippen LogP contribution is 2.34. The average Bonchev–Trinajstić information content (AvgIpc) is 2.89. The van der Waals surface area contributed by atoms with Crippen molar-refractivity contribution in [1.82, 2.24) is 4.98 Å². The van der Waals surface area contributed by atoms with Gasteiger partial charge in [-0.05, 0) is 35.9 Å². The normalized spacial score (nSPS) is 11.7. The first-order valence-electron chi connectivity index (χ1n) is 6.39. The Kier molecular flexibility index (Phi) is 4.13. The zero-order valence-electron chi connectivity index (χ0n) is 11.3. The molecule has 0 bridgehead atoms. The Bertz CT molecular complexity index is 837. The number of aromatic nitrogens is 1. The Balaban J connectivity index is 1.93. The molecular formula is C16H11NO3S2. The molecule has 110 valence electrons. The van der Waals surface area contributed by atoms with Crippen LogP contribution in [0.4, 0.5) is 0 Å². The van der Waals surface area contributed by atoms with Crippen LogP contribution in [0, 0.1) is 0 Å². The first-order chi connectivity index (χ1) is 10.6. The van der Waals surface area contributed by atoms with E-state index >= 15 is 0 Å². The van der Waals surface area contributed by atoms with Gasteiger partial charge in [0.2, 0.25) is 0 Å². The molecule has 22 heavy (non-hydrogen) atoms. The summed E-state index contributed by atoms with van der Waals surface area (Å²) in [6.45, 7) is 0. The number of hydrogen-bond acceptors (Lipinski definition) is 5. The van der Waals surface area contributed by atoms with Gasteiger partial charge in [-0.2, -0.15) is 0 Å². The molecule has 0 unspecified atom stereocenters. The quantitative estimate of drug-likeness (QED) is 0.554. The number of fused-ring (bicyclic) bond motifs is 1. The van der Waals surface area contributed by atoms with E-state index in [0.717, 1.165) is 22.0 Å². The van der Waals surface area contributed by atoms with Crippen LogP contribution in [0.25, 0.3) is 16.3 Å². The molecule has 0 aliphatic carbocycles. The first-order valence-corrected chi connectivity index (χ1v) is 8.02. The molecular weight excluding hydrogens is 318 g/mol. The zero-order valence-corrected chi connectivity index (χ0v) is 12.9. The van der Waals surface area contributed by atoms with Gasteiger partial charge >= 0.3 is 5.97 Å². The van der Waals surface area contributed by atoms with Crippen molar-refractivity contribution in [2.24, 2.45) is 0 Å². The van der Waals surface area contributed by atoms with Gasteiger partial charge < -0.3 is 10.2 Å². The summed E-state index contributed by atoms with van der Waals surface area (Å²) in [5.41, 5.74) is 1.49. The van der Waals surface area contributed by atoms with Gasteiger partial charge in [0.1, 0.15) is 10.7 Å². The second kappa shape index (κ2) is 6.21. The lowest BCUT2D eigenvalue weighted by Gasteiger charge is -2.00. The van der Waals surface area contributed by atoms with E-state index in [1.807, 2.05) is 24.3 Å². The van der Waals surface area contributed by atoms with Crippen LogP contribution in [0.15, 0.2) is 57.8 Å². The molecule has 1 heterocycles. The van der Waals surface area contributed by atoms with Gasteiger partial charge in [0.15, 0.2) is 4.34 Å². The molecule has 3 rings (SSSR count). The van der Waals surface area contributed by atoms with Crippen molar-refractivity contribution in [2.75, 3.05) is 0 Å². The van der Waals surface area contributed by atoms with Crippen LogP contribution < -0.4 is 0 Å². The summed E-state index contributed by atoms with van der Waals surface area (Å²) in [6, 6.07) is 14.1. The topological polar surface area (TPSA) is 70.4 Å². The number of hydrogen-bond donors (Lipinski definition) is 2. The van der Waals surface area contributed by atoms with Crippen molar-refractivity contribution in [3.8, 4) is 5.75 Å². The minimum atomic E-state index is -1.02. The smallest absolute Gasteiger partial charge is 0.342 e. The summed E-state index contributed by atoms with van der Waals surface area (Å²) in [6.07, 6.45) is 1.53. The number of carboxylic acids is 1. The molecule has 0 saturated heterocycles. The number of thioether (sulfide) groups is 1. The second-order valence-electron chi connectivity index (χ2n) is 4.46. The molecule has 2 aromatic carbocycles. The molecule has 0 saturated carbocycles. The van der Waals surface area contributed by atoms with Crippen LogP contribution >= 0.6 is 23.1 Å². The lowest BCUT2D eigenvalue weighted by molar-refractivity contribution is -0.131. The minimum Gasteiger partial charge on any atom is -0.508 e. The number of phenols is 1. The maximum absolute atomic E-state index is 11.4. The van der Waals surface area contributed by atoms with Gasteiger partial charge in [-0.25, -0.2) is 9.78 Å². The summed E-state index contributed by atoms with van der Waals surface area (Å²) < 4.78 is 1.70. The largest absolute Gasteiger partial charge is 0.508 e. The maximum atomic E-state index is 11.4. The molecule has 1 aromatic heterocycles. The van der Waals surface area contributed by atoms with E-state index in [1.165, 1.54) is 23.5 Å². The summed E-state index contributed by atoms with van der Waals surface area (Å²) in [5, 5.41) is 18.8. The van der Waals surface area contributed by atoms with Crippen LogP contribution in [0.3, 0.4) is 0 Å². The van der Waals surface area contributed by atoms with Crippen LogP contribution in [0.1, 0.15) is 5.56 Å². The van der Waals surface area contributed by atoms with E-state index in [2.05, 4.69) is 4.98 Å². The number of benzene rings is 2. The van der Waals surface area contributed by atoms with E-state index in [1.54, 1.807) is 18.2 Å². The number of phenolic OH excluding ortho intramolecular Hbond substituents is 1. The molecule has 0 fully saturated rings. The maximum Gasteiger partial charge on any atom is 0.342 e. The number of aliphatic carboxylic acids is 1. The standard InChI is InChI=1S/C16H11NO3S2/c18-11-5-3-4-10(8-11)9-14(15(19)20)22-16-17-12-6-1-2-7-13(12)21-16/h1-9,18H,(H,19,20)/b14-9+. The summed E-state index contributed by atoms with van der Waals surface area (Å²) in [7, 11) is 0. The van der Waals surface area contributed by atoms with E-state index in [0.29, 0.717) is 9.90 Å². The first kappa shape index (κ1) is 14.6. The van der Waals surface area contributed by atoms with Crippen molar-refractivity contribution in [3.05, 3.63) is 59.0 Å². The van der Waals surface area contributed by atoms with Crippen LogP contribution in [0.5, 0.6) is 5.75 Å². The number of carbonyl (C=O) groups is 1. The number of aromatic hydroxyl groups is 1. The lowest BCUT2D eigenvalue weighted by Crippen LogP contribution is -1.96. The van der Waals surface area contributed by atoms with E-state index in [4.69, 9.17) is 0 Å². The molecule has 0 radical (unpaired) electrons. The predicted octanol–water partition coefficient (Wildman–Crippen LogP) is 4.22. The highest BCUT2D eigenvalue weighted by Gasteiger charge is 2.13. The SMILES string of the molecule is O=C(O)/C(=C\c1cccc(O)c1)Sc1nc2ccccc2s1. The minimum absolute atomic E-state index is 0.100. The van der Waals surface area contributed by atoms with Gasteiger partial charge in [-0.3, -0.25) is 0 Å². The predicted molar refractivity (Wildman–Crippen MR) is 89.2 cm³/mol. The molecule has 0 aliphatic rings. The monoisotopic (exact) mass is 329 g/mol. The summed E-state index contributed by atoms with van der Waals surface area (Å²) >= 11 is 2.57. The van der Waals surface area contributed by atoms with E-state index in [9.17, 15) is 15.0 Å². The molecule has 4 nitrogen and oxygen atoms in total. The van der Waals surface area contributed by atoms with Gasteiger partial charge in [0.25, 0.3) is 0 Å². The average molecular weight is 329 g/mol. The number of rotatable bonds is 4. The number of carboxylic acid groups (broad SMARTS) is 1. The fourth-order valence-electron chi connectivity index (χ4n) is 1.89. The van der Waals surface area contributed by atoms with Crippen molar-refractivity contribution >= 4 is 45.4 Å². The fourth-order valence-corrected chi connectivity index (χ4v) is 3.91. The molecule has 0 aliphatic heterocycles. The van der Waals surface area contributed by atoms with Gasteiger partial charge in [-0.1, -0.05) is 36.0 Å². The third-order valence-corrected chi connectivity index (χ3v) is 4.96. The fraction of sp³-hybridized carbons (Fsp3) is 0. The Labute approximate surface area is 134 Å². The number of nitrogens with zero attached hydrogens (tertiary/aromatic N) is 1. The Hall–Kier alpha value is -2.31. The number of para-hydroxylation sites is 1. The Morgan fingerprint density at radius 3 is 2.73 bits per heavy atom. The van der Waals surface area contributed by atoms with Crippen molar-refractivity contribution in [3.63, 3.8) is 0 Å². The molecule has 2 N–H and O–H groups in total. The zero-order chi connectivity index (χ0) is 15.5. The van der Waals surface area contributed by atoms with E-state index < -0.39 is 5.97 Å². The van der Waals surface area contributed by atoms with Gasteiger partial charge in [0, 0.05) is 0 Å². The molecule has 0 spiro atoms. The summed E-state index contributed by atoms with van der Waals surface area (Å²) in [4.78, 5) is 16.0. The van der Waals surface area contributed by atoms with Crippen molar-refractivity contribution in [2.45, 2.75) is 4.34 Å². The highest BCUT2D eigenvalue weighted by molar-refractivity contribution is 8.05. The third-order valence-electron chi connectivity index (χ3n) is 2.85. The van der Waals surface area contributed by atoms with Gasteiger partial charge in [-0.15, -0.1) is 11.3 Å². The van der Waals surface area contributed by atoms with Gasteiger partial charge in [0.05, 0.1) is 10.2 Å². The van der Waals surface area contributed by atoms with E-state index in [-0.39, 0.29) is 10.7 Å².